The normalized spacial score (nSPS) is 15.0. The molecule has 0 bridgehead atoms. The summed E-state index contributed by atoms with van der Waals surface area (Å²) in [6, 6.07) is -1.12. The Hall–Kier alpha value is -1.67. The number of H-pyrrole nitrogens is 1. The van der Waals surface area contributed by atoms with Gasteiger partial charge in [-0.25, -0.2) is 4.98 Å². The summed E-state index contributed by atoms with van der Waals surface area (Å²) >= 11 is 0. The van der Waals surface area contributed by atoms with Crippen molar-refractivity contribution in [3.63, 3.8) is 0 Å². The van der Waals surface area contributed by atoms with E-state index < -0.39 is 58.8 Å². The first-order chi connectivity index (χ1) is 12.9. The van der Waals surface area contributed by atoms with Crippen LogP contribution in [0.3, 0.4) is 0 Å². The number of aromatic nitrogens is 4. The molecule has 2 atom stereocenters. The van der Waals surface area contributed by atoms with E-state index in [1.165, 1.54) is 4.57 Å². The van der Waals surface area contributed by atoms with Crippen molar-refractivity contribution in [2.24, 2.45) is 0 Å². The fourth-order valence-electron chi connectivity index (χ4n) is 2.26. The van der Waals surface area contributed by atoms with E-state index >= 15 is 0 Å². The number of anilines is 1. The van der Waals surface area contributed by atoms with Gasteiger partial charge in [0.2, 0.25) is 5.95 Å². The molecule has 8 N–H and O–H groups in total. The maximum atomic E-state index is 11.9. The second-order valence-corrected chi connectivity index (χ2v) is 8.91. The van der Waals surface area contributed by atoms with Crippen LogP contribution in [0, 0.1) is 0 Å². The Morgan fingerprint density at radius 3 is 2.29 bits per heavy atom. The summed E-state index contributed by atoms with van der Waals surface area (Å²) in [6.45, 7) is -1.03. The summed E-state index contributed by atoms with van der Waals surface area (Å²) in [6.07, 6.45) is -2.23. The Bertz CT molecular complexity index is 964. The van der Waals surface area contributed by atoms with E-state index in [2.05, 4.69) is 15.0 Å². The van der Waals surface area contributed by atoms with Crippen LogP contribution in [0.1, 0.15) is 6.04 Å². The van der Waals surface area contributed by atoms with E-state index in [-0.39, 0.29) is 17.1 Å². The molecule has 2 aromatic heterocycles. The molecule has 15 nitrogen and oxygen atoms in total. The van der Waals surface area contributed by atoms with Gasteiger partial charge < -0.3 is 44.5 Å². The molecule has 158 valence electrons. The van der Waals surface area contributed by atoms with Crippen LogP contribution < -0.4 is 11.3 Å². The molecule has 0 aliphatic heterocycles. The number of nitrogens with one attached hydrogen (secondary N) is 1. The summed E-state index contributed by atoms with van der Waals surface area (Å²) in [4.78, 5) is 57.3. The zero-order valence-corrected chi connectivity index (χ0v) is 15.9. The van der Waals surface area contributed by atoms with Gasteiger partial charge in [-0.15, -0.1) is 0 Å². The number of nitrogen functional groups attached to an aromatic ring is 1. The van der Waals surface area contributed by atoms with Crippen LogP contribution in [0.4, 0.5) is 5.95 Å². The highest BCUT2D eigenvalue weighted by Crippen LogP contribution is 2.35. The van der Waals surface area contributed by atoms with Gasteiger partial charge in [-0.05, 0) is 0 Å². The number of ether oxygens (including phenoxy) is 2. The van der Waals surface area contributed by atoms with Gasteiger partial charge in [-0.3, -0.25) is 18.9 Å². The minimum Gasteiger partial charge on any atom is -0.388 e. The van der Waals surface area contributed by atoms with Gasteiger partial charge in [0, 0.05) is 0 Å². The lowest BCUT2D eigenvalue weighted by molar-refractivity contribution is -0.00740. The number of nitrogens with zero attached hydrogens (tertiary/aromatic N) is 3. The largest absolute Gasteiger partial charge is 0.388 e. The molecular weight excluding hydrogens is 424 g/mol. The van der Waals surface area contributed by atoms with Crippen LogP contribution in [-0.4, -0.2) is 76.2 Å². The molecule has 2 heterocycles. The predicted octanol–water partition coefficient (Wildman–Crippen LogP) is -2.09. The molecule has 0 aliphatic carbocycles. The minimum absolute atomic E-state index is 0.0416. The second-order valence-electron chi connectivity index (χ2n) is 5.74. The second kappa shape index (κ2) is 8.78. The molecule has 28 heavy (non-hydrogen) atoms. The Morgan fingerprint density at radius 1 is 1.14 bits per heavy atom. The van der Waals surface area contributed by atoms with Crippen molar-refractivity contribution in [3.8, 4) is 0 Å². The smallest absolute Gasteiger partial charge is 0.350 e. The summed E-state index contributed by atoms with van der Waals surface area (Å²) < 4.78 is 32.7. The molecule has 0 aromatic carbocycles. The molecule has 0 unspecified atom stereocenters. The first-order valence-corrected chi connectivity index (χ1v) is 11.1. The monoisotopic (exact) mass is 443 g/mol. The number of hydrogen-bond acceptors (Lipinski definition) is 9. The van der Waals surface area contributed by atoms with Gasteiger partial charge in [0.15, 0.2) is 11.2 Å². The van der Waals surface area contributed by atoms with Crippen LogP contribution in [0.2, 0.25) is 0 Å². The Balaban J connectivity index is 2.28. The highest BCUT2D eigenvalue weighted by molar-refractivity contribution is 7.51. The van der Waals surface area contributed by atoms with Gasteiger partial charge in [0.25, 0.3) is 5.56 Å². The van der Waals surface area contributed by atoms with Gasteiger partial charge in [-0.1, -0.05) is 0 Å². The fraction of sp³-hybridized carbons (Fsp3) is 0.545. The molecule has 0 saturated heterocycles. The van der Waals surface area contributed by atoms with E-state index in [1.807, 2.05) is 0 Å². The van der Waals surface area contributed by atoms with E-state index in [4.69, 9.17) is 34.8 Å². The summed E-state index contributed by atoms with van der Waals surface area (Å²) in [5.74, 6) is -0.235. The average Bonchev–Trinajstić information content (AvgIpc) is 2.93. The summed E-state index contributed by atoms with van der Waals surface area (Å²) in [5, 5.41) is 10.4. The third-order valence-corrected chi connectivity index (χ3v) is 4.39. The van der Waals surface area contributed by atoms with Gasteiger partial charge in [0.05, 0.1) is 25.6 Å². The summed E-state index contributed by atoms with van der Waals surface area (Å²) in [5.41, 5.74) is 4.69. The van der Waals surface area contributed by atoms with Crippen molar-refractivity contribution < 1.29 is 43.3 Å². The number of aliphatic hydroxyl groups excluding tert-OH is 1. The Labute approximate surface area is 156 Å². The highest BCUT2D eigenvalue weighted by atomic mass is 31.2. The molecule has 0 aliphatic rings. The van der Waals surface area contributed by atoms with Crippen LogP contribution in [-0.2, 0) is 18.6 Å². The number of aromatic amines is 1. The minimum atomic E-state index is -4.49. The molecule has 0 spiro atoms. The topological polar surface area (TPSA) is 243 Å². The Kier molecular flexibility index (Phi) is 7.09. The third kappa shape index (κ3) is 6.44. The Morgan fingerprint density at radius 2 is 1.71 bits per heavy atom. The van der Waals surface area contributed by atoms with Crippen molar-refractivity contribution in [2.45, 2.75) is 12.1 Å². The molecule has 2 aromatic rings. The van der Waals surface area contributed by atoms with Crippen LogP contribution >= 0.6 is 15.2 Å². The maximum Gasteiger partial charge on any atom is 0.350 e. The van der Waals surface area contributed by atoms with E-state index in [0.29, 0.717) is 0 Å². The van der Waals surface area contributed by atoms with Crippen LogP contribution in [0.25, 0.3) is 11.2 Å². The molecule has 0 fully saturated rings. The number of nitrogens with two attached hydrogens (primary N) is 1. The molecular formula is C11H19N5O10P2. The van der Waals surface area contributed by atoms with E-state index in [1.54, 1.807) is 0 Å². The van der Waals surface area contributed by atoms with Crippen molar-refractivity contribution in [1.29, 1.82) is 0 Å². The first-order valence-electron chi connectivity index (χ1n) is 7.52. The highest BCUT2D eigenvalue weighted by Gasteiger charge is 2.27. The standard InChI is InChI=1S/C11H19N5O10P2/c12-11-14-9-8(10(18)15-11)13-3-16(9)6(1-25-4-27(19,20)21)7(17)2-26-5-28(22,23)24/h3,6-7,17H,1-2,4-5H2,(H2,19,20,21)(H2,22,23,24)(H3,12,14,15,18)/t6-,7+/m1/s1. The van der Waals surface area contributed by atoms with Crippen LogP contribution in [0.5, 0.6) is 0 Å². The van der Waals surface area contributed by atoms with Crippen molar-refractivity contribution in [3.05, 3.63) is 16.7 Å². The molecule has 0 saturated carbocycles. The van der Waals surface area contributed by atoms with E-state index in [0.717, 1.165) is 6.33 Å². The number of imidazole rings is 1. The molecule has 2 rings (SSSR count). The van der Waals surface area contributed by atoms with Crippen molar-refractivity contribution in [2.75, 3.05) is 31.6 Å². The number of aliphatic hydroxyl groups is 1. The third-order valence-electron chi connectivity index (χ3n) is 3.35. The van der Waals surface area contributed by atoms with Crippen LogP contribution in [0.15, 0.2) is 11.1 Å². The number of hydrogen-bond donors (Lipinski definition) is 7. The zero-order chi connectivity index (χ0) is 21.1. The quantitative estimate of drug-likeness (QED) is 0.195. The lowest BCUT2D eigenvalue weighted by Gasteiger charge is -2.24. The average molecular weight is 443 g/mol. The van der Waals surface area contributed by atoms with Crippen molar-refractivity contribution >= 4 is 32.3 Å². The SMILES string of the molecule is Nc1nc2c(ncn2[C@H](COCP(=O)(O)O)[C@@H](O)COCP(=O)(O)O)c(=O)[nH]1. The van der Waals surface area contributed by atoms with Gasteiger partial charge >= 0.3 is 15.2 Å². The number of rotatable bonds is 10. The maximum absolute atomic E-state index is 11.9. The first kappa shape index (κ1) is 22.6. The predicted molar refractivity (Wildman–Crippen MR) is 93.3 cm³/mol. The van der Waals surface area contributed by atoms with E-state index in [9.17, 15) is 19.0 Å². The van der Waals surface area contributed by atoms with Gasteiger partial charge in [-0.2, -0.15) is 4.98 Å². The zero-order valence-electron chi connectivity index (χ0n) is 14.2. The van der Waals surface area contributed by atoms with Gasteiger partial charge in [0.1, 0.15) is 18.8 Å². The lowest BCUT2D eigenvalue weighted by Crippen LogP contribution is -2.32. The van der Waals surface area contributed by atoms with Crippen molar-refractivity contribution in [1.82, 2.24) is 19.5 Å². The molecule has 17 heteroatoms. The lowest BCUT2D eigenvalue weighted by atomic mass is 10.2. The summed E-state index contributed by atoms with van der Waals surface area (Å²) in [7, 11) is -8.96. The molecule has 0 amide bonds. The molecule has 0 radical (unpaired) electrons. The fourth-order valence-corrected chi connectivity index (χ4v) is 2.94. The number of fused-ring (bicyclic) bond motifs is 1.